The van der Waals surface area contributed by atoms with Crippen molar-refractivity contribution in [2.45, 2.75) is 31.2 Å². The second-order valence-corrected chi connectivity index (χ2v) is 10.8. The molecule has 3 aromatic heterocycles. The Morgan fingerprint density at radius 1 is 1.24 bits per heavy atom. The van der Waals surface area contributed by atoms with E-state index in [4.69, 9.17) is 21.1 Å². The minimum Gasteiger partial charge on any atom is -0.481 e. The largest absolute Gasteiger partial charge is 0.481 e. The maximum atomic E-state index is 13.5. The third kappa shape index (κ3) is 6.44. The molecule has 0 aliphatic carbocycles. The molecule has 0 spiro atoms. The lowest BCUT2D eigenvalue weighted by Crippen LogP contribution is -2.33. The number of thioether (sulfide) groups is 1. The maximum Gasteiger partial charge on any atom is 0.240 e. The molecule has 3 atom stereocenters. The van der Waals surface area contributed by atoms with Gasteiger partial charge in [0.2, 0.25) is 21.9 Å². The minimum absolute atomic E-state index is 0.0403. The number of aliphatic imine (C=N–C) groups is 1. The first-order valence-electron chi connectivity index (χ1n) is 10.8. The minimum atomic E-state index is -4.09. The SMILES string of the molecule is C=N/C(=C\SC)[C@@H](C)n1c(NS(=O)(=O)[C@@H](C)[C@H](OC)c2ncc(Cl)cn2)nnc1-c1cccc(OC)n1. The van der Waals surface area contributed by atoms with Crippen molar-refractivity contribution < 1.29 is 17.9 Å². The zero-order valence-electron chi connectivity index (χ0n) is 20.9. The summed E-state index contributed by atoms with van der Waals surface area (Å²) in [4.78, 5) is 16.8. The van der Waals surface area contributed by atoms with Crippen LogP contribution in [0, 0.1) is 0 Å². The third-order valence-electron chi connectivity index (χ3n) is 5.39. The van der Waals surface area contributed by atoms with E-state index in [1.807, 2.05) is 13.2 Å². The highest BCUT2D eigenvalue weighted by Gasteiger charge is 2.35. The van der Waals surface area contributed by atoms with Crippen molar-refractivity contribution in [1.29, 1.82) is 0 Å². The van der Waals surface area contributed by atoms with Crippen LogP contribution in [-0.2, 0) is 14.8 Å². The van der Waals surface area contributed by atoms with Crippen LogP contribution in [0.1, 0.15) is 31.8 Å². The van der Waals surface area contributed by atoms with E-state index in [1.165, 1.54) is 45.3 Å². The molecular weight excluding hydrogens is 540 g/mol. The number of allylic oxidation sites excluding steroid dienone is 1. The number of rotatable bonds is 12. The molecule has 0 radical (unpaired) electrons. The fourth-order valence-electron chi connectivity index (χ4n) is 3.44. The normalized spacial score (nSPS) is 14.6. The fraction of sp³-hybridized carbons (Fsp3) is 0.364. The number of nitrogens with zero attached hydrogens (tertiary/aromatic N) is 7. The molecule has 0 aromatic carbocycles. The Bertz CT molecular complexity index is 1370. The Morgan fingerprint density at radius 3 is 2.54 bits per heavy atom. The van der Waals surface area contributed by atoms with Crippen LogP contribution in [0.4, 0.5) is 5.95 Å². The van der Waals surface area contributed by atoms with Crippen molar-refractivity contribution in [2.75, 3.05) is 25.2 Å². The van der Waals surface area contributed by atoms with Crippen LogP contribution in [0.5, 0.6) is 5.88 Å². The molecule has 0 saturated carbocycles. The summed E-state index contributed by atoms with van der Waals surface area (Å²) in [5, 5.41) is 9.39. The number of hydrogen-bond donors (Lipinski definition) is 1. The van der Waals surface area contributed by atoms with Gasteiger partial charge in [-0.25, -0.2) is 23.4 Å². The number of methoxy groups -OCH3 is 2. The summed E-state index contributed by atoms with van der Waals surface area (Å²) < 4.78 is 41.8. The van der Waals surface area contributed by atoms with Gasteiger partial charge in [-0.2, -0.15) is 0 Å². The Balaban J connectivity index is 2.07. The van der Waals surface area contributed by atoms with Crippen molar-refractivity contribution in [3.05, 3.63) is 52.5 Å². The van der Waals surface area contributed by atoms with Gasteiger partial charge in [-0.15, -0.1) is 22.0 Å². The van der Waals surface area contributed by atoms with Crippen molar-refractivity contribution >= 4 is 46.1 Å². The number of halogens is 1. The van der Waals surface area contributed by atoms with Crippen LogP contribution < -0.4 is 9.46 Å². The van der Waals surface area contributed by atoms with Gasteiger partial charge >= 0.3 is 0 Å². The smallest absolute Gasteiger partial charge is 0.240 e. The number of pyridine rings is 1. The Labute approximate surface area is 224 Å². The summed E-state index contributed by atoms with van der Waals surface area (Å²) in [5.74, 6) is 0.795. The predicted octanol–water partition coefficient (Wildman–Crippen LogP) is 3.78. The summed E-state index contributed by atoms with van der Waals surface area (Å²) in [5.41, 5.74) is 1.00. The lowest BCUT2D eigenvalue weighted by molar-refractivity contribution is 0.0950. The summed E-state index contributed by atoms with van der Waals surface area (Å²) in [6, 6.07) is 4.65. The highest BCUT2D eigenvalue weighted by Crippen LogP contribution is 2.32. The van der Waals surface area contributed by atoms with Gasteiger partial charge in [0.15, 0.2) is 11.6 Å². The van der Waals surface area contributed by atoms with Gasteiger partial charge in [-0.05, 0) is 38.3 Å². The van der Waals surface area contributed by atoms with E-state index in [0.29, 0.717) is 28.1 Å². The molecule has 0 saturated heterocycles. The molecule has 12 nitrogen and oxygen atoms in total. The van der Waals surface area contributed by atoms with Gasteiger partial charge in [0.25, 0.3) is 0 Å². The molecular formula is C22H27ClN8O4S2. The molecule has 0 unspecified atom stereocenters. The lowest BCUT2D eigenvalue weighted by atomic mass is 10.2. The second kappa shape index (κ2) is 12.4. The highest BCUT2D eigenvalue weighted by molar-refractivity contribution is 8.01. The molecule has 15 heteroatoms. The molecule has 0 amide bonds. The molecule has 3 aromatic rings. The van der Waals surface area contributed by atoms with Crippen LogP contribution in [0.2, 0.25) is 5.02 Å². The average molecular weight is 567 g/mol. The molecule has 0 fully saturated rings. The molecule has 0 aliphatic rings. The van der Waals surface area contributed by atoms with E-state index in [-0.39, 0.29) is 11.8 Å². The van der Waals surface area contributed by atoms with Gasteiger partial charge in [0.05, 0.1) is 23.9 Å². The Kier molecular flexibility index (Phi) is 9.59. The van der Waals surface area contributed by atoms with Crippen molar-refractivity contribution in [3.63, 3.8) is 0 Å². The van der Waals surface area contributed by atoms with Crippen molar-refractivity contribution in [2.24, 2.45) is 4.99 Å². The van der Waals surface area contributed by atoms with Gasteiger partial charge < -0.3 is 9.47 Å². The zero-order valence-corrected chi connectivity index (χ0v) is 23.3. The first-order valence-corrected chi connectivity index (χ1v) is 14.1. The first kappa shape index (κ1) is 28.5. The van der Waals surface area contributed by atoms with E-state index in [9.17, 15) is 8.42 Å². The number of ether oxygens (including phenoxy) is 2. The van der Waals surface area contributed by atoms with Crippen molar-refractivity contribution in [3.8, 4) is 17.4 Å². The Morgan fingerprint density at radius 2 is 1.95 bits per heavy atom. The molecule has 3 heterocycles. The van der Waals surface area contributed by atoms with E-state index >= 15 is 0 Å². The van der Waals surface area contributed by atoms with Crippen LogP contribution >= 0.6 is 23.4 Å². The lowest BCUT2D eigenvalue weighted by Gasteiger charge is -2.23. The van der Waals surface area contributed by atoms with Gasteiger partial charge in [-0.1, -0.05) is 17.7 Å². The predicted molar refractivity (Wildman–Crippen MR) is 144 cm³/mol. The van der Waals surface area contributed by atoms with Crippen LogP contribution in [0.25, 0.3) is 11.5 Å². The number of nitrogens with one attached hydrogen (secondary N) is 1. The van der Waals surface area contributed by atoms with Crippen LogP contribution in [0.3, 0.4) is 0 Å². The van der Waals surface area contributed by atoms with E-state index in [0.717, 1.165) is 0 Å². The average Bonchev–Trinajstić information content (AvgIpc) is 3.31. The van der Waals surface area contributed by atoms with Gasteiger partial charge in [0, 0.05) is 25.6 Å². The quantitative estimate of drug-likeness (QED) is 0.321. The highest BCUT2D eigenvalue weighted by atomic mass is 35.5. The third-order valence-corrected chi connectivity index (χ3v) is 7.76. The molecule has 1 N–H and O–H groups in total. The summed E-state index contributed by atoms with van der Waals surface area (Å²) >= 11 is 7.30. The molecule has 198 valence electrons. The standard InChI is InChI=1S/C22H27ClN8O4S2/c1-13(17(24-3)12-36-6)31-21(16-8-7-9-18(27-16)34-4)28-29-22(31)30-37(32,33)14(2)19(35-5)20-25-10-15(23)11-26-20/h7-14,19H,3H2,1-2,4-6H3,(H,29,30)/b17-12-/t13-,14+,19+/m1/s1. The second-order valence-electron chi connectivity index (χ2n) is 7.66. The van der Waals surface area contributed by atoms with Crippen LogP contribution in [-0.4, -0.2) is 70.6 Å². The molecule has 0 aliphatic heterocycles. The number of aromatic nitrogens is 6. The summed E-state index contributed by atoms with van der Waals surface area (Å²) in [6.07, 6.45) is 3.64. The fourth-order valence-corrected chi connectivity index (χ4v) is 5.18. The van der Waals surface area contributed by atoms with Crippen LogP contribution in [0.15, 0.2) is 46.7 Å². The monoisotopic (exact) mass is 566 g/mol. The molecule has 3 rings (SSSR count). The van der Waals surface area contributed by atoms with E-state index in [2.05, 4.69) is 41.6 Å². The maximum absolute atomic E-state index is 13.5. The van der Waals surface area contributed by atoms with E-state index < -0.39 is 27.4 Å². The molecule has 37 heavy (non-hydrogen) atoms. The van der Waals surface area contributed by atoms with Gasteiger partial charge in [0.1, 0.15) is 17.0 Å². The number of hydrogen-bond acceptors (Lipinski definition) is 11. The number of sulfonamides is 1. The van der Waals surface area contributed by atoms with E-state index in [1.54, 1.807) is 28.2 Å². The van der Waals surface area contributed by atoms with Crippen molar-refractivity contribution in [1.82, 2.24) is 29.7 Å². The van der Waals surface area contributed by atoms with Gasteiger partial charge in [-0.3, -0.25) is 14.3 Å². The topological polar surface area (TPSA) is 146 Å². The Hall–Kier alpha value is -3.07. The zero-order chi connectivity index (χ0) is 27.2. The first-order chi connectivity index (χ1) is 17.7. The summed E-state index contributed by atoms with van der Waals surface area (Å²) in [6.45, 7) is 6.95. The summed E-state index contributed by atoms with van der Waals surface area (Å²) in [7, 11) is -1.22. The molecule has 0 bridgehead atoms. The number of anilines is 1.